The Bertz CT molecular complexity index is 692. The second-order valence-electron chi connectivity index (χ2n) is 4.87. The van der Waals surface area contributed by atoms with Gasteiger partial charge in [0.15, 0.2) is 5.69 Å². The van der Waals surface area contributed by atoms with Crippen LogP contribution in [0.3, 0.4) is 0 Å². The summed E-state index contributed by atoms with van der Waals surface area (Å²) >= 11 is 0. The van der Waals surface area contributed by atoms with Crippen LogP contribution in [-0.2, 0) is 16.0 Å². The average Bonchev–Trinajstić information content (AvgIpc) is 2.94. The van der Waals surface area contributed by atoms with Crippen molar-refractivity contribution in [1.29, 1.82) is 0 Å². The average molecular weight is 317 g/mol. The van der Waals surface area contributed by atoms with Crippen molar-refractivity contribution < 1.29 is 19.1 Å². The van der Waals surface area contributed by atoms with Gasteiger partial charge in [-0.05, 0) is 26.3 Å². The molecule has 0 atom stereocenters. The monoisotopic (exact) mass is 317 g/mol. The van der Waals surface area contributed by atoms with Crippen LogP contribution < -0.4 is 0 Å². The number of nitrogens with zero attached hydrogens (tertiary/aromatic N) is 3. The van der Waals surface area contributed by atoms with Gasteiger partial charge in [-0.1, -0.05) is 35.0 Å². The number of rotatable bonds is 6. The van der Waals surface area contributed by atoms with Crippen molar-refractivity contribution in [3.8, 4) is 0 Å². The predicted octanol–water partition coefficient (Wildman–Crippen LogP) is 1.99. The minimum atomic E-state index is -0.689. The molecular weight excluding hydrogens is 298 g/mol. The van der Waals surface area contributed by atoms with E-state index in [0.717, 1.165) is 11.1 Å². The molecule has 122 valence electrons. The molecule has 0 aliphatic carbocycles. The van der Waals surface area contributed by atoms with Crippen LogP contribution >= 0.6 is 0 Å². The second kappa shape index (κ2) is 7.53. The normalized spacial score (nSPS) is 10.4. The maximum atomic E-state index is 12.2. The highest BCUT2D eigenvalue weighted by Gasteiger charge is 2.27. The third-order valence-electron chi connectivity index (χ3n) is 3.13. The summed E-state index contributed by atoms with van der Waals surface area (Å²) in [6.07, 6.45) is 0. The van der Waals surface area contributed by atoms with E-state index in [-0.39, 0.29) is 24.6 Å². The first-order valence-electron chi connectivity index (χ1n) is 7.40. The molecule has 2 rings (SSSR count). The Hall–Kier alpha value is -2.70. The Morgan fingerprint density at radius 3 is 2.26 bits per heavy atom. The predicted molar refractivity (Wildman–Crippen MR) is 82.2 cm³/mol. The molecule has 0 unspecified atom stereocenters. The highest BCUT2D eigenvalue weighted by Crippen LogP contribution is 2.13. The van der Waals surface area contributed by atoms with E-state index in [2.05, 4.69) is 10.3 Å². The summed E-state index contributed by atoms with van der Waals surface area (Å²) in [5.74, 6) is -1.33. The fourth-order valence-electron chi connectivity index (χ4n) is 2.03. The lowest BCUT2D eigenvalue weighted by Crippen LogP contribution is -2.18. The maximum absolute atomic E-state index is 12.2. The summed E-state index contributed by atoms with van der Waals surface area (Å²) in [6, 6.07) is 7.77. The fourth-order valence-corrected chi connectivity index (χ4v) is 2.03. The molecule has 7 nitrogen and oxygen atoms in total. The molecule has 1 aromatic heterocycles. The van der Waals surface area contributed by atoms with Gasteiger partial charge in [0.25, 0.3) is 0 Å². The van der Waals surface area contributed by atoms with E-state index in [4.69, 9.17) is 9.47 Å². The third-order valence-corrected chi connectivity index (χ3v) is 3.13. The lowest BCUT2D eigenvalue weighted by molar-refractivity contribution is 0.0467. The summed E-state index contributed by atoms with van der Waals surface area (Å²) in [7, 11) is 0. The van der Waals surface area contributed by atoms with Crippen molar-refractivity contribution in [1.82, 2.24) is 15.0 Å². The molecule has 0 fully saturated rings. The molecule has 0 amide bonds. The minimum absolute atomic E-state index is 0.00544. The molecule has 1 aromatic carbocycles. The number of hydrogen-bond acceptors (Lipinski definition) is 6. The number of carbonyl (C=O) groups excluding carboxylic acids is 2. The topological polar surface area (TPSA) is 83.3 Å². The number of ether oxygens (including phenoxy) is 2. The van der Waals surface area contributed by atoms with E-state index < -0.39 is 11.9 Å². The van der Waals surface area contributed by atoms with Gasteiger partial charge < -0.3 is 9.47 Å². The van der Waals surface area contributed by atoms with Crippen LogP contribution in [0.5, 0.6) is 0 Å². The van der Waals surface area contributed by atoms with Gasteiger partial charge in [-0.2, -0.15) is 0 Å². The summed E-state index contributed by atoms with van der Waals surface area (Å²) in [4.78, 5) is 24.1. The lowest BCUT2D eigenvalue weighted by atomic mass is 10.1. The van der Waals surface area contributed by atoms with Gasteiger partial charge in [-0.25, -0.2) is 14.3 Å². The SMILES string of the molecule is CCOC(=O)c1nnn(Cc2ccc(C)cc2)c1C(=O)OCC. The van der Waals surface area contributed by atoms with Crippen LogP contribution in [0.25, 0.3) is 0 Å². The molecule has 0 N–H and O–H groups in total. The highest BCUT2D eigenvalue weighted by atomic mass is 16.5. The van der Waals surface area contributed by atoms with Gasteiger partial charge in [0.05, 0.1) is 19.8 Å². The van der Waals surface area contributed by atoms with Crippen LogP contribution in [0.4, 0.5) is 0 Å². The number of esters is 2. The first-order chi connectivity index (χ1) is 11.1. The molecular formula is C16H19N3O4. The van der Waals surface area contributed by atoms with E-state index in [0.29, 0.717) is 6.54 Å². The molecule has 0 aliphatic rings. The van der Waals surface area contributed by atoms with E-state index >= 15 is 0 Å². The number of carbonyl (C=O) groups is 2. The van der Waals surface area contributed by atoms with Crippen molar-refractivity contribution >= 4 is 11.9 Å². The molecule has 0 saturated carbocycles. The standard InChI is InChI=1S/C16H19N3O4/c1-4-22-15(20)13-14(16(21)23-5-2)19(18-17-13)10-12-8-6-11(3)7-9-12/h6-9H,4-5,10H2,1-3H3. The largest absolute Gasteiger partial charge is 0.461 e. The zero-order chi connectivity index (χ0) is 16.8. The van der Waals surface area contributed by atoms with Crippen LogP contribution in [-0.4, -0.2) is 40.1 Å². The Balaban J connectivity index is 2.36. The quantitative estimate of drug-likeness (QED) is 0.758. The molecule has 0 radical (unpaired) electrons. The molecule has 1 heterocycles. The molecule has 2 aromatic rings. The van der Waals surface area contributed by atoms with Crippen LogP contribution in [0.2, 0.25) is 0 Å². The van der Waals surface area contributed by atoms with Gasteiger partial charge in [-0.3, -0.25) is 0 Å². The van der Waals surface area contributed by atoms with Crippen molar-refractivity contribution in [2.24, 2.45) is 0 Å². The zero-order valence-corrected chi connectivity index (χ0v) is 13.4. The van der Waals surface area contributed by atoms with Crippen LogP contribution in [0.1, 0.15) is 46.0 Å². The smallest absolute Gasteiger partial charge is 0.361 e. The highest BCUT2D eigenvalue weighted by molar-refractivity contribution is 6.00. The Kier molecular flexibility index (Phi) is 5.46. The summed E-state index contributed by atoms with van der Waals surface area (Å²) in [6.45, 7) is 6.04. The van der Waals surface area contributed by atoms with Gasteiger partial charge >= 0.3 is 11.9 Å². The Labute approximate surface area is 134 Å². The Morgan fingerprint density at radius 1 is 1.04 bits per heavy atom. The molecule has 0 bridgehead atoms. The van der Waals surface area contributed by atoms with Crippen molar-refractivity contribution in [3.05, 3.63) is 46.8 Å². The van der Waals surface area contributed by atoms with Crippen molar-refractivity contribution in [3.63, 3.8) is 0 Å². The number of hydrogen-bond donors (Lipinski definition) is 0. The van der Waals surface area contributed by atoms with E-state index in [1.54, 1.807) is 13.8 Å². The van der Waals surface area contributed by atoms with Crippen molar-refractivity contribution in [2.45, 2.75) is 27.3 Å². The fraction of sp³-hybridized carbons (Fsp3) is 0.375. The second-order valence-corrected chi connectivity index (χ2v) is 4.87. The summed E-state index contributed by atoms with van der Waals surface area (Å²) < 4.78 is 11.3. The molecule has 23 heavy (non-hydrogen) atoms. The van der Waals surface area contributed by atoms with Gasteiger partial charge in [0, 0.05) is 0 Å². The van der Waals surface area contributed by atoms with Gasteiger partial charge in [0.2, 0.25) is 5.69 Å². The van der Waals surface area contributed by atoms with Gasteiger partial charge in [-0.15, -0.1) is 5.10 Å². The van der Waals surface area contributed by atoms with Crippen LogP contribution in [0, 0.1) is 6.92 Å². The molecule has 7 heteroatoms. The Morgan fingerprint density at radius 2 is 1.65 bits per heavy atom. The minimum Gasteiger partial charge on any atom is -0.461 e. The molecule has 0 aliphatic heterocycles. The first kappa shape index (κ1) is 16.7. The van der Waals surface area contributed by atoms with E-state index in [9.17, 15) is 9.59 Å². The van der Waals surface area contributed by atoms with E-state index in [1.807, 2.05) is 31.2 Å². The van der Waals surface area contributed by atoms with Crippen molar-refractivity contribution in [2.75, 3.05) is 13.2 Å². The number of aromatic nitrogens is 3. The molecule has 0 spiro atoms. The number of benzene rings is 1. The lowest BCUT2D eigenvalue weighted by Gasteiger charge is -2.07. The first-order valence-corrected chi connectivity index (χ1v) is 7.40. The number of aryl methyl sites for hydroxylation is 1. The van der Waals surface area contributed by atoms with E-state index in [1.165, 1.54) is 4.68 Å². The maximum Gasteiger partial charge on any atom is 0.361 e. The summed E-state index contributed by atoms with van der Waals surface area (Å²) in [5, 5.41) is 7.69. The summed E-state index contributed by atoms with van der Waals surface area (Å²) in [5.41, 5.74) is 1.94. The van der Waals surface area contributed by atoms with Gasteiger partial charge in [0.1, 0.15) is 0 Å². The third kappa shape index (κ3) is 3.94. The van der Waals surface area contributed by atoms with Crippen LogP contribution in [0.15, 0.2) is 24.3 Å². The zero-order valence-electron chi connectivity index (χ0n) is 13.4. The molecule has 0 saturated heterocycles.